The number of benzene rings is 2. The number of amides is 3. The maximum Gasteiger partial charge on any atom is 0.294 e. The summed E-state index contributed by atoms with van der Waals surface area (Å²) in [7, 11) is 1.53. The summed E-state index contributed by atoms with van der Waals surface area (Å²) in [5, 5.41) is 2.22. The Morgan fingerprint density at radius 1 is 1.09 bits per heavy atom. The Morgan fingerprint density at radius 3 is 2.63 bits per heavy atom. The molecule has 0 unspecified atom stereocenters. The van der Waals surface area contributed by atoms with Crippen LogP contribution < -0.4 is 14.8 Å². The first-order valence-corrected chi connectivity index (χ1v) is 11.6. The van der Waals surface area contributed by atoms with Gasteiger partial charge in [-0.05, 0) is 77.9 Å². The van der Waals surface area contributed by atoms with Crippen LogP contribution in [0.15, 0.2) is 71.9 Å². The van der Waals surface area contributed by atoms with Gasteiger partial charge in [-0.25, -0.2) is 0 Å². The lowest BCUT2D eigenvalue weighted by Gasteiger charge is -2.13. The second-order valence-corrected chi connectivity index (χ2v) is 8.73. The van der Waals surface area contributed by atoms with Gasteiger partial charge >= 0.3 is 0 Å². The smallest absolute Gasteiger partial charge is 0.294 e. The SMILES string of the molecule is COc1cc(/C=C2/SC(=O)N(CC(=O)Nc3cccc(C)c3)C2=O)ccc1OCc1ccncc1. The molecule has 9 heteroatoms. The maximum atomic E-state index is 12.8. The van der Waals surface area contributed by atoms with E-state index in [4.69, 9.17) is 9.47 Å². The molecule has 0 aliphatic carbocycles. The molecule has 8 nitrogen and oxygen atoms in total. The summed E-state index contributed by atoms with van der Waals surface area (Å²) < 4.78 is 11.3. The molecule has 0 bridgehead atoms. The minimum Gasteiger partial charge on any atom is -0.493 e. The van der Waals surface area contributed by atoms with E-state index < -0.39 is 17.1 Å². The van der Waals surface area contributed by atoms with Crippen molar-refractivity contribution in [2.24, 2.45) is 0 Å². The molecule has 0 atom stereocenters. The molecule has 0 radical (unpaired) electrons. The Labute approximate surface area is 206 Å². The van der Waals surface area contributed by atoms with Crippen LogP contribution in [0.2, 0.25) is 0 Å². The van der Waals surface area contributed by atoms with Crippen LogP contribution in [0.25, 0.3) is 6.08 Å². The zero-order chi connectivity index (χ0) is 24.8. The number of nitrogens with one attached hydrogen (secondary N) is 1. The number of rotatable bonds is 8. The highest BCUT2D eigenvalue weighted by atomic mass is 32.2. The maximum absolute atomic E-state index is 12.8. The van der Waals surface area contributed by atoms with Crippen molar-refractivity contribution in [2.45, 2.75) is 13.5 Å². The largest absolute Gasteiger partial charge is 0.493 e. The summed E-state index contributed by atoms with van der Waals surface area (Å²) in [5.41, 5.74) is 3.22. The van der Waals surface area contributed by atoms with Gasteiger partial charge in [-0.3, -0.25) is 24.3 Å². The quantitative estimate of drug-likeness (QED) is 0.460. The molecule has 35 heavy (non-hydrogen) atoms. The molecule has 3 aromatic rings. The molecule has 1 N–H and O–H groups in total. The van der Waals surface area contributed by atoms with Gasteiger partial charge in [0.1, 0.15) is 13.2 Å². The van der Waals surface area contributed by atoms with Crippen molar-refractivity contribution in [1.29, 1.82) is 0 Å². The van der Waals surface area contributed by atoms with Gasteiger partial charge in [0.05, 0.1) is 12.0 Å². The molecule has 1 aliphatic heterocycles. The normalized spacial score (nSPS) is 14.3. The molecule has 2 aromatic carbocycles. The Bertz CT molecular complexity index is 1290. The zero-order valence-corrected chi connectivity index (χ0v) is 20.0. The van der Waals surface area contributed by atoms with Crippen molar-refractivity contribution in [2.75, 3.05) is 19.0 Å². The van der Waals surface area contributed by atoms with Crippen LogP contribution in [-0.4, -0.2) is 40.6 Å². The summed E-state index contributed by atoms with van der Waals surface area (Å²) in [4.78, 5) is 42.8. The number of imide groups is 1. The molecule has 1 saturated heterocycles. The van der Waals surface area contributed by atoms with Gasteiger partial charge in [-0.1, -0.05) is 18.2 Å². The van der Waals surface area contributed by atoms with Gasteiger partial charge in [0, 0.05) is 18.1 Å². The summed E-state index contributed by atoms with van der Waals surface area (Å²) in [5.74, 6) is 0.0693. The van der Waals surface area contributed by atoms with E-state index in [1.807, 2.05) is 37.3 Å². The first kappa shape index (κ1) is 24.0. The van der Waals surface area contributed by atoms with Gasteiger partial charge in [0.2, 0.25) is 5.91 Å². The molecular weight excluding hydrogens is 466 g/mol. The van der Waals surface area contributed by atoms with Crippen molar-refractivity contribution < 1.29 is 23.9 Å². The predicted molar refractivity (Wildman–Crippen MR) is 134 cm³/mol. The average molecular weight is 490 g/mol. The number of pyridine rings is 1. The fourth-order valence-electron chi connectivity index (χ4n) is 3.39. The molecule has 0 saturated carbocycles. The highest BCUT2D eigenvalue weighted by Gasteiger charge is 2.36. The molecule has 0 spiro atoms. The molecular formula is C26H23N3O5S. The number of nitrogens with zero attached hydrogens (tertiary/aromatic N) is 2. The lowest BCUT2D eigenvalue weighted by molar-refractivity contribution is -0.127. The lowest BCUT2D eigenvalue weighted by Crippen LogP contribution is -2.36. The predicted octanol–water partition coefficient (Wildman–Crippen LogP) is 4.65. The number of thioether (sulfide) groups is 1. The van der Waals surface area contributed by atoms with Crippen LogP contribution >= 0.6 is 11.8 Å². The Kier molecular flexibility index (Phi) is 7.47. The standard InChI is InChI=1S/C26H23N3O5S/c1-17-4-3-5-20(12-17)28-24(30)15-29-25(31)23(35-26(29)32)14-19-6-7-21(22(13-19)33-2)34-16-18-8-10-27-11-9-18/h3-14H,15-16H2,1-2H3,(H,28,30)/b23-14+. The zero-order valence-electron chi connectivity index (χ0n) is 19.2. The summed E-state index contributed by atoms with van der Waals surface area (Å²) >= 11 is 0.793. The van der Waals surface area contributed by atoms with E-state index in [1.165, 1.54) is 7.11 Å². The number of carbonyl (C=O) groups is 3. The van der Waals surface area contributed by atoms with Crippen LogP contribution in [0, 0.1) is 6.92 Å². The fourth-order valence-corrected chi connectivity index (χ4v) is 4.23. The number of hydrogen-bond donors (Lipinski definition) is 1. The molecule has 2 heterocycles. The van der Waals surface area contributed by atoms with Gasteiger partial charge in [-0.2, -0.15) is 0 Å². The monoisotopic (exact) mass is 489 g/mol. The third-order valence-corrected chi connectivity index (χ3v) is 6.01. The third kappa shape index (κ3) is 6.07. The summed E-state index contributed by atoms with van der Waals surface area (Å²) in [6.45, 7) is 1.90. The molecule has 1 aromatic heterocycles. The van der Waals surface area contributed by atoms with Crippen LogP contribution in [0.1, 0.15) is 16.7 Å². The second kappa shape index (κ2) is 10.9. The van der Waals surface area contributed by atoms with E-state index in [1.54, 1.807) is 42.7 Å². The topological polar surface area (TPSA) is 97.8 Å². The Morgan fingerprint density at radius 2 is 1.89 bits per heavy atom. The highest BCUT2D eigenvalue weighted by molar-refractivity contribution is 8.18. The first-order chi connectivity index (χ1) is 16.9. The lowest BCUT2D eigenvalue weighted by atomic mass is 10.2. The molecule has 1 fully saturated rings. The number of aryl methyl sites for hydroxylation is 1. The van der Waals surface area contributed by atoms with E-state index in [0.29, 0.717) is 29.4 Å². The molecule has 4 rings (SSSR count). The van der Waals surface area contributed by atoms with E-state index in [0.717, 1.165) is 27.8 Å². The average Bonchev–Trinajstić information content (AvgIpc) is 3.11. The van der Waals surface area contributed by atoms with Crippen molar-refractivity contribution >= 4 is 40.6 Å². The van der Waals surface area contributed by atoms with Crippen molar-refractivity contribution in [3.63, 3.8) is 0 Å². The number of hydrogen-bond acceptors (Lipinski definition) is 7. The Balaban J connectivity index is 1.43. The number of aromatic nitrogens is 1. The van der Waals surface area contributed by atoms with Crippen LogP contribution in [0.3, 0.4) is 0 Å². The minimum absolute atomic E-state index is 0.228. The minimum atomic E-state index is -0.517. The highest BCUT2D eigenvalue weighted by Crippen LogP contribution is 2.34. The van der Waals surface area contributed by atoms with Gasteiger partial charge in [0.15, 0.2) is 11.5 Å². The first-order valence-electron chi connectivity index (χ1n) is 10.7. The second-order valence-electron chi connectivity index (χ2n) is 7.74. The molecule has 1 aliphatic rings. The van der Waals surface area contributed by atoms with Crippen LogP contribution in [0.5, 0.6) is 11.5 Å². The Hall–Kier alpha value is -4.11. The summed E-state index contributed by atoms with van der Waals surface area (Å²) in [6, 6.07) is 16.2. The van der Waals surface area contributed by atoms with Crippen molar-refractivity contribution in [1.82, 2.24) is 9.88 Å². The third-order valence-electron chi connectivity index (χ3n) is 5.11. The molecule has 3 amide bonds. The van der Waals surface area contributed by atoms with E-state index in [9.17, 15) is 14.4 Å². The molecule has 178 valence electrons. The van der Waals surface area contributed by atoms with E-state index >= 15 is 0 Å². The van der Waals surface area contributed by atoms with Crippen LogP contribution in [0.4, 0.5) is 10.5 Å². The summed E-state index contributed by atoms with van der Waals surface area (Å²) in [6.07, 6.45) is 4.98. The fraction of sp³-hybridized carbons (Fsp3) is 0.154. The number of anilines is 1. The van der Waals surface area contributed by atoms with E-state index in [2.05, 4.69) is 10.3 Å². The van der Waals surface area contributed by atoms with Crippen molar-refractivity contribution in [3.05, 3.63) is 88.6 Å². The number of carbonyl (C=O) groups excluding carboxylic acids is 3. The van der Waals surface area contributed by atoms with Gasteiger partial charge < -0.3 is 14.8 Å². The van der Waals surface area contributed by atoms with E-state index in [-0.39, 0.29) is 11.4 Å². The van der Waals surface area contributed by atoms with Gasteiger partial charge in [-0.15, -0.1) is 0 Å². The van der Waals surface area contributed by atoms with Gasteiger partial charge in [0.25, 0.3) is 11.1 Å². The van der Waals surface area contributed by atoms with Crippen LogP contribution in [-0.2, 0) is 16.2 Å². The van der Waals surface area contributed by atoms with Crippen molar-refractivity contribution in [3.8, 4) is 11.5 Å². The number of ether oxygens (including phenoxy) is 2. The number of methoxy groups -OCH3 is 1.